The highest BCUT2D eigenvalue weighted by molar-refractivity contribution is 5.83. The van der Waals surface area contributed by atoms with E-state index in [0.29, 0.717) is 18.7 Å². The number of anilines is 1. The number of aryl methyl sites for hydroxylation is 1. The molecule has 1 heterocycles. The second kappa shape index (κ2) is 4.08. The molecule has 0 bridgehead atoms. The van der Waals surface area contributed by atoms with Crippen LogP contribution in [0.4, 0.5) is 5.82 Å². The number of carboxylic acids is 1. The molecule has 0 atom stereocenters. The van der Waals surface area contributed by atoms with Gasteiger partial charge in [-0.3, -0.25) is 4.98 Å². The topological polar surface area (TPSA) is 75.1 Å². The Balaban J connectivity index is 2.25. The van der Waals surface area contributed by atoms with Crippen LogP contribution in [0.3, 0.4) is 0 Å². The Kier molecular flexibility index (Phi) is 2.77. The van der Waals surface area contributed by atoms with Crippen LogP contribution in [-0.4, -0.2) is 26.6 Å². The van der Waals surface area contributed by atoms with E-state index in [1.165, 1.54) is 0 Å². The summed E-state index contributed by atoms with van der Waals surface area (Å²) in [4.78, 5) is 19.6. The maximum Gasteiger partial charge on any atom is 0.329 e. The number of carbonyl (C=O) groups is 1. The predicted octanol–water partition coefficient (Wildman–Crippen LogP) is 1.59. The van der Waals surface area contributed by atoms with Gasteiger partial charge in [0.1, 0.15) is 11.4 Å². The van der Waals surface area contributed by atoms with E-state index < -0.39 is 11.5 Å². The van der Waals surface area contributed by atoms with Crippen molar-refractivity contribution < 1.29 is 9.90 Å². The number of hydrogen-bond donors (Lipinski definition) is 2. The lowest BCUT2D eigenvalue weighted by Gasteiger charge is -2.26. The van der Waals surface area contributed by atoms with Crippen LogP contribution in [0, 0.1) is 6.92 Å². The average molecular weight is 221 g/mol. The SMILES string of the molecule is Cc1nccnc1NC1(C(=O)O)CCCC1. The van der Waals surface area contributed by atoms with Gasteiger partial charge in [0.25, 0.3) is 0 Å². The van der Waals surface area contributed by atoms with Crippen LogP contribution in [-0.2, 0) is 4.79 Å². The Morgan fingerprint density at radius 2 is 2.00 bits per heavy atom. The molecule has 1 aliphatic carbocycles. The molecule has 1 aromatic rings. The third kappa shape index (κ3) is 1.85. The molecule has 0 amide bonds. The largest absolute Gasteiger partial charge is 0.480 e. The third-order valence-corrected chi connectivity index (χ3v) is 3.11. The fourth-order valence-corrected chi connectivity index (χ4v) is 2.13. The van der Waals surface area contributed by atoms with Crippen molar-refractivity contribution in [1.29, 1.82) is 0 Å². The number of nitrogens with one attached hydrogen (secondary N) is 1. The van der Waals surface area contributed by atoms with Crippen molar-refractivity contribution >= 4 is 11.8 Å². The van der Waals surface area contributed by atoms with Crippen molar-refractivity contribution in [2.24, 2.45) is 0 Å². The summed E-state index contributed by atoms with van der Waals surface area (Å²) in [6.45, 7) is 1.82. The lowest BCUT2D eigenvalue weighted by molar-refractivity contribution is -0.142. The van der Waals surface area contributed by atoms with Gasteiger partial charge in [-0.1, -0.05) is 12.8 Å². The molecule has 5 nitrogen and oxygen atoms in total. The van der Waals surface area contributed by atoms with Gasteiger partial charge in [-0.25, -0.2) is 9.78 Å². The van der Waals surface area contributed by atoms with Gasteiger partial charge in [-0.15, -0.1) is 0 Å². The van der Waals surface area contributed by atoms with Crippen LogP contribution < -0.4 is 5.32 Å². The van der Waals surface area contributed by atoms with Crippen molar-refractivity contribution in [3.8, 4) is 0 Å². The molecule has 2 rings (SSSR count). The lowest BCUT2D eigenvalue weighted by Crippen LogP contribution is -2.44. The minimum absolute atomic E-state index is 0.576. The van der Waals surface area contributed by atoms with Gasteiger partial charge >= 0.3 is 5.97 Å². The average Bonchev–Trinajstić information content (AvgIpc) is 2.71. The van der Waals surface area contributed by atoms with Crippen molar-refractivity contribution in [1.82, 2.24) is 9.97 Å². The minimum Gasteiger partial charge on any atom is -0.480 e. The molecule has 0 radical (unpaired) electrons. The van der Waals surface area contributed by atoms with Crippen LogP contribution in [0.2, 0.25) is 0 Å². The van der Waals surface area contributed by atoms with E-state index in [2.05, 4.69) is 15.3 Å². The summed E-state index contributed by atoms with van der Waals surface area (Å²) in [6.07, 6.45) is 6.36. The molecule has 1 saturated carbocycles. The van der Waals surface area contributed by atoms with E-state index in [-0.39, 0.29) is 0 Å². The van der Waals surface area contributed by atoms with Crippen molar-refractivity contribution in [2.45, 2.75) is 38.1 Å². The van der Waals surface area contributed by atoms with Crippen molar-refractivity contribution in [3.05, 3.63) is 18.1 Å². The van der Waals surface area contributed by atoms with E-state index in [9.17, 15) is 9.90 Å². The van der Waals surface area contributed by atoms with Gasteiger partial charge in [-0.05, 0) is 19.8 Å². The zero-order valence-electron chi connectivity index (χ0n) is 9.23. The highest BCUT2D eigenvalue weighted by Crippen LogP contribution is 2.33. The van der Waals surface area contributed by atoms with Crippen molar-refractivity contribution in [2.75, 3.05) is 5.32 Å². The molecular formula is C11H15N3O2. The first-order chi connectivity index (χ1) is 7.64. The van der Waals surface area contributed by atoms with Gasteiger partial charge in [0.2, 0.25) is 0 Å². The first-order valence-corrected chi connectivity index (χ1v) is 5.43. The van der Waals surface area contributed by atoms with Gasteiger partial charge in [-0.2, -0.15) is 0 Å². The summed E-state index contributed by atoms with van der Waals surface area (Å²) in [5.41, 5.74) is -0.115. The van der Waals surface area contributed by atoms with E-state index in [1.54, 1.807) is 12.4 Å². The van der Waals surface area contributed by atoms with E-state index >= 15 is 0 Å². The van der Waals surface area contributed by atoms with Crippen LogP contribution in [0.5, 0.6) is 0 Å². The maximum absolute atomic E-state index is 11.3. The number of carboxylic acid groups (broad SMARTS) is 1. The highest BCUT2D eigenvalue weighted by atomic mass is 16.4. The number of nitrogens with zero attached hydrogens (tertiary/aromatic N) is 2. The molecule has 0 saturated heterocycles. The Morgan fingerprint density at radius 1 is 1.38 bits per heavy atom. The standard InChI is InChI=1S/C11H15N3O2/c1-8-9(13-7-6-12-8)14-11(10(15)16)4-2-3-5-11/h6-7H,2-5H2,1H3,(H,13,14)(H,15,16). The molecule has 1 aromatic heterocycles. The number of aliphatic carboxylic acids is 1. The molecule has 16 heavy (non-hydrogen) atoms. The van der Waals surface area contributed by atoms with Gasteiger partial charge in [0.15, 0.2) is 0 Å². The number of aromatic nitrogens is 2. The summed E-state index contributed by atoms with van der Waals surface area (Å²) in [6, 6.07) is 0. The first kappa shape index (κ1) is 10.9. The third-order valence-electron chi connectivity index (χ3n) is 3.11. The Labute approximate surface area is 93.9 Å². The quantitative estimate of drug-likeness (QED) is 0.810. The molecule has 0 unspecified atom stereocenters. The van der Waals surface area contributed by atoms with E-state index in [1.807, 2.05) is 6.92 Å². The van der Waals surface area contributed by atoms with Crippen LogP contribution in [0.1, 0.15) is 31.4 Å². The zero-order chi connectivity index (χ0) is 11.6. The van der Waals surface area contributed by atoms with E-state index in [0.717, 1.165) is 18.5 Å². The predicted molar refractivity (Wildman–Crippen MR) is 59.2 cm³/mol. The van der Waals surface area contributed by atoms with E-state index in [4.69, 9.17) is 0 Å². The molecule has 1 aliphatic rings. The Morgan fingerprint density at radius 3 is 2.56 bits per heavy atom. The van der Waals surface area contributed by atoms with Gasteiger partial charge in [0, 0.05) is 12.4 Å². The van der Waals surface area contributed by atoms with Crippen LogP contribution >= 0.6 is 0 Å². The monoisotopic (exact) mass is 221 g/mol. The molecule has 5 heteroatoms. The second-order valence-corrected chi connectivity index (χ2v) is 4.21. The van der Waals surface area contributed by atoms with Gasteiger partial charge in [0.05, 0.1) is 5.69 Å². The Bertz CT molecular complexity index is 400. The fourth-order valence-electron chi connectivity index (χ4n) is 2.13. The summed E-state index contributed by atoms with van der Waals surface area (Å²) in [5.74, 6) is -0.221. The molecule has 2 N–H and O–H groups in total. The van der Waals surface area contributed by atoms with Crippen LogP contribution in [0.25, 0.3) is 0 Å². The summed E-state index contributed by atoms with van der Waals surface area (Å²) in [5, 5.41) is 12.4. The molecular weight excluding hydrogens is 206 g/mol. The second-order valence-electron chi connectivity index (χ2n) is 4.21. The summed E-state index contributed by atoms with van der Waals surface area (Å²) in [7, 11) is 0. The summed E-state index contributed by atoms with van der Waals surface area (Å²) < 4.78 is 0. The molecule has 0 aliphatic heterocycles. The number of rotatable bonds is 3. The van der Waals surface area contributed by atoms with Gasteiger partial charge < -0.3 is 10.4 Å². The fraction of sp³-hybridized carbons (Fsp3) is 0.545. The van der Waals surface area contributed by atoms with Crippen LogP contribution in [0.15, 0.2) is 12.4 Å². The molecule has 1 fully saturated rings. The Hall–Kier alpha value is -1.65. The summed E-state index contributed by atoms with van der Waals surface area (Å²) >= 11 is 0. The van der Waals surface area contributed by atoms with Crippen molar-refractivity contribution in [3.63, 3.8) is 0 Å². The maximum atomic E-state index is 11.3. The lowest BCUT2D eigenvalue weighted by atomic mass is 9.98. The smallest absolute Gasteiger partial charge is 0.329 e. The normalized spacial score (nSPS) is 18.3. The zero-order valence-corrected chi connectivity index (χ0v) is 9.23. The first-order valence-electron chi connectivity index (χ1n) is 5.43. The molecule has 0 aromatic carbocycles. The molecule has 0 spiro atoms. The molecule has 86 valence electrons. The highest BCUT2D eigenvalue weighted by Gasteiger charge is 2.41. The number of hydrogen-bond acceptors (Lipinski definition) is 4. The minimum atomic E-state index is -0.846.